The van der Waals surface area contributed by atoms with Crippen molar-refractivity contribution in [1.29, 1.82) is 0 Å². The highest BCUT2D eigenvalue weighted by Crippen LogP contribution is 2.31. The van der Waals surface area contributed by atoms with E-state index in [0.29, 0.717) is 6.04 Å². The van der Waals surface area contributed by atoms with E-state index in [1.165, 1.54) is 11.1 Å². The summed E-state index contributed by atoms with van der Waals surface area (Å²) < 4.78 is 7.86. The molecule has 1 aliphatic rings. The van der Waals surface area contributed by atoms with Gasteiger partial charge in [0, 0.05) is 49.8 Å². The van der Waals surface area contributed by atoms with E-state index in [-0.39, 0.29) is 6.10 Å². The highest BCUT2D eigenvalue weighted by atomic mass is 16.5. The van der Waals surface area contributed by atoms with E-state index in [2.05, 4.69) is 45.9 Å². The van der Waals surface area contributed by atoms with Crippen LogP contribution in [0.15, 0.2) is 54.9 Å². The summed E-state index contributed by atoms with van der Waals surface area (Å²) in [5.41, 5.74) is 5.63. The molecule has 5 nitrogen and oxygen atoms in total. The second-order valence-corrected chi connectivity index (χ2v) is 6.83. The zero-order valence-electron chi connectivity index (χ0n) is 15.2. The van der Waals surface area contributed by atoms with Crippen LogP contribution in [0.3, 0.4) is 0 Å². The smallest absolute Gasteiger partial charge is 0.101 e. The number of ether oxygens (including phenoxy) is 1. The molecule has 0 radical (unpaired) electrons. The molecule has 5 heteroatoms. The molecule has 0 aliphatic carbocycles. The van der Waals surface area contributed by atoms with Crippen molar-refractivity contribution in [3.05, 3.63) is 71.7 Å². The lowest BCUT2D eigenvalue weighted by molar-refractivity contribution is 0.0979. The second-order valence-electron chi connectivity index (χ2n) is 6.83. The maximum Gasteiger partial charge on any atom is 0.101 e. The molecule has 2 aromatic heterocycles. The van der Waals surface area contributed by atoms with Crippen molar-refractivity contribution < 1.29 is 4.74 Å². The third kappa shape index (κ3) is 3.54. The number of nitrogens with zero attached hydrogens (tertiary/aromatic N) is 3. The largest absolute Gasteiger partial charge is 0.372 e. The van der Waals surface area contributed by atoms with Crippen LogP contribution in [0.5, 0.6) is 0 Å². The van der Waals surface area contributed by atoms with Gasteiger partial charge in [0.25, 0.3) is 0 Å². The molecule has 3 heterocycles. The van der Waals surface area contributed by atoms with Gasteiger partial charge in [-0.1, -0.05) is 24.3 Å². The van der Waals surface area contributed by atoms with Gasteiger partial charge in [0.05, 0.1) is 11.4 Å². The number of hydrogen-bond acceptors (Lipinski definition) is 4. The van der Waals surface area contributed by atoms with Gasteiger partial charge in [-0.2, -0.15) is 5.10 Å². The zero-order chi connectivity index (χ0) is 17.9. The summed E-state index contributed by atoms with van der Waals surface area (Å²) in [6.07, 6.45) is 4.99. The minimum Gasteiger partial charge on any atom is -0.372 e. The maximum atomic E-state index is 6.00. The Labute approximate surface area is 154 Å². The van der Waals surface area contributed by atoms with Crippen LogP contribution in [-0.4, -0.2) is 27.4 Å². The van der Waals surface area contributed by atoms with Crippen LogP contribution in [0.25, 0.3) is 11.3 Å². The van der Waals surface area contributed by atoms with E-state index in [0.717, 1.165) is 36.5 Å². The molecule has 26 heavy (non-hydrogen) atoms. The number of nitrogens with one attached hydrogen (secondary N) is 1. The van der Waals surface area contributed by atoms with Crippen molar-refractivity contribution in [2.24, 2.45) is 7.05 Å². The molecule has 0 unspecified atom stereocenters. The van der Waals surface area contributed by atoms with E-state index < -0.39 is 0 Å². The number of rotatable bonds is 5. The lowest BCUT2D eigenvalue weighted by atomic mass is 10.0. The second kappa shape index (κ2) is 7.40. The third-order valence-electron chi connectivity index (χ3n) is 4.91. The third-order valence-corrected chi connectivity index (χ3v) is 4.91. The SMILES string of the molecule is Cc1nn(C)cc1[C@H]1OCC[C@@H]1NCc1cccc(-c2ccccn2)c1. The highest BCUT2D eigenvalue weighted by Gasteiger charge is 2.31. The molecule has 1 N–H and O–H groups in total. The molecule has 0 saturated carbocycles. The van der Waals surface area contributed by atoms with Crippen LogP contribution in [-0.2, 0) is 18.3 Å². The Balaban J connectivity index is 1.46. The van der Waals surface area contributed by atoms with Crippen molar-refractivity contribution in [3.63, 3.8) is 0 Å². The van der Waals surface area contributed by atoms with E-state index in [9.17, 15) is 0 Å². The molecular weight excluding hydrogens is 324 g/mol. The van der Waals surface area contributed by atoms with Crippen molar-refractivity contribution in [2.75, 3.05) is 6.61 Å². The quantitative estimate of drug-likeness (QED) is 0.768. The normalized spacial score (nSPS) is 19.8. The molecule has 1 saturated heterocycles. The van der Waals surface area contributed by atoms with E-state index in [1.807, 2.05) is 43.0 Å². The summed E-state index contributed by atoms with van der Waals surface area (Å²) in [5, 5.41) is 8.13. The van der Waals surface area contributed by atoms with Crippen LogP contribution in [0.2, 0.25) is 0 Å². The molecule has 1 aromatic carbocycles. The molecule has 0 spiro atoms. The Hall–Kier alpha value is -2.50. The van der Waals surface area contributed by atoms with Gasteiger partial charge in [0.1, 0.15) is 6.10 Å². The summed E-state index contributed by atoms with van der Waals surface area (Å²) in [7, 11) is 1.96. The van der Waals surface area contributed by atoms with E-state index in [1.54, 1.807) is 0 Å². The van der Waals surface area contributed by atoms with Crippen molar-refractivity contribution in [3.8, 4) is 11.3 Å². The van der Waals surface area contributed by atoms with Gasteiger partial charge < -0.3 is 10.1 Å². The number of aryl methyl sites for hydroxylation is 2. The Morgan fingerprint density at radius 2 is 2.15 bits per heavy atom. The minimum atomic E-state index is 0.0719. The Morgan fingerprint density at radius 1 is 1.23 bits per heavy atom. The molecule has 1 aliphatic heterocycles. The predicted molar refractivity (Wildman–Crippen MR) is 102 cm³/mol. The molecule has 0 bridgehead atoms. The van der Waals surface area contributed by atoms with Gasteiger partial charge in [0.2, 0.25) is 0 Å². The molecule has 2 atom stereocenters. The van der Waals surface area contributed by atoms with Crippen molar-refractivity contribution >= 4 is 0 Å². The first-order valence-electron chi connectivity index (χ1n) is 9.06. The summed E-state index contributed by atoms with van der Waals surface area (Å²) in [6.45, 7) is 3.64. The monoisotopic (exact) mass is 348 g/mol. The van der Waals surface area contributed by atoms with Crippen LogP contribution in [0.4, 0.5) is 0 Å². The average Bonchev–Trinajstić information content (AvgIpc) is 3.26. The molecule has 4 rings (SSSR count). The average molecular weight is 348 g/mol. The van der Waals surface area contributed by atoms with Crippen molar-refractivity contribution in [1.82, 2.24) is 20.1 Å². The maximum absolute atomic E-state index is 6.00. The van der Waals surface area contributed by atoms with Gasteiger partial charge in [-0.25, -0.2) is 0 Å². The fraction of sp³-hybridized carbons (Fsp3) is 0.333. The number of hydrogen-bond donors (Lipinski definition) is 1. The standard InChI is InChI=1S/C21H24N4O/c1-15-18(14-25(2)24-15)21-20(9-11-26-21)23-13-16-6-5-7-17(12-16)19-8-3-4-10-22-19/h3-8,10,12,14,20-21,23H,9,11,13H2,1-2H3/t20-,21+/m0/s1. The van der Waals surface area contributed by atoms with Crippen LogP contribution in [0, 0.1) is 6.92 Å². The Bertz CT molecular complexity index is 875. The summed E-state index contributed by atoms with van der Waals surface area (Å²) in [4.78, 5) is 4.44. The van der Waals surface area contributed by atoms with Crippen molar-refractivity contribution in [2.45, 2.75) is 32.0 Å². The van der Waals surface area contributed by atoms with Gasteiger partial charge in [-0.15, -0.1) is 0 Å². The van der Waals surface area contributed by atoms with Gasteiger partial charge in [-0.3, -0.25) is 9.67 Å². The topological polar surface area (TPSA) is 52.0 Å². The first-order valence-corrected chi connectivity index (χ1v) is 9.06. The Kier molecular flexibility index (Phi) is 4.82. The number of pyridine rings is 1. The molecule has 3 aromatic rings. The fourth-order valence-corrected chi connectivity index (χ4v) is 3.63. The van der Waals surface area contributed by atoms with E-state index >= 15 is 0 Å². The number of aromatic nitrogens is 3. The predicted octanol–water partition coefficient (Wildman–Crippen LogP) is 3.41. The van der Waals surface area contributed by atoms with Crippen LogP contribution >= 0.6 is 0 Å². The van der Waals surface area contributed by atoms with Crippen LogP contribution < -0.4 is 5.32 Å². The summed E-state index contributed by atoms with van der Waals surface area (Å²) in [6, 6.07) is 14.9. The number of benzene rings is 1. The van der Waals surface area contributed by atoms with Gasteiger partial charge in [-0.05, 0) is 37.1 Å². The highest BCUT2D eigenvalue weighted by molar-refractivity contribution is 5.59. The lowest BCUT2D eigenvalue weighted by Gasteiger charge is -2.20. The summed E-state index contributed by atoms with van der Waals surface area (Å²) in [5.74, 6) is 0. The minimum absolute atomic E-state index is 0.0719. The first-order chi connectivity index (χ1) is 12.7. The Morgan fingerprint density at radius 3 is 2.92 bits per heavy atom. The summed E-state index contributed by atoms with van der Waals surface area (Å²) >= 11 is 0. The lowest BCUT2D eigenvalue weighted by Crippen LogP contribution is -2.31. The van der Waals surface area contributed by atoms with Crippen LogP contribution in [0.1, 0.15) is 29.3 Å². The van der Waals surface area contributed by atoms with Gasteiger partial charge in [0.15, 0.2) is 0 Å². The molecular formula is C21H24N4O. The first kappa shape index (κ1) is 16.9. The van der Waals surface area contributed by atoms with Gasteiger partial charge >= 0.3 is 0 Å². The fourth-order valence-electron chi connectivity index (χ4n) is 3.63. The molecule has 0 amide bonds. The zero-order valence-corrected chi connectivity index (χ0v) is 15.2. The van der Waals surface area contributed by atoms with E-state index in [4.69, 9.17) is 4.74 Å². The molecule has 134 valence electrons. The molecule has 1 fully saturated rings.